The van der Waals surface area contributed by atoms with Crippen LogP contribution in [0.5, 0.6) is 0 Å². The molecular formula is C19H20F12O4. The van der Waals surface area contributed by atoms with Gasteiger partial charge in [0.15, 0.2) is 0 Å². The molecule has 2 bridgehead atoms. The van der Waals surface area contributed by atoms with E-state index in [1.807, 2.05) is 0 Å². The summed E-state index contributed by atoms with van der Waals surface area (Å²) in [7, 11) is 0. The Hall–Kier alpha value is -1.26. The van der Waals surface area contributed by atoms with Crippen molar-refractivity contribution in [2.75, 3.05) is 26.4 Å². The molecule has 16 heteroatoms. The first-order valence-corrected chi connectivity index (χ1v) is 10.2. The van der Waals surface area contributed by atoms with Gasteiger partial charge in [-0.05, 0) is 41.9 Å². The zero-order valence-electron chi connectivity index (χ0n) is 17.4. The largest absolute Gasteiger partial charge is 0.428 e. The van der Waals surface area contributed by atoms with Crippen LogP contribution >= 0.6 is 0 Å². The van der Waals surface area contributed by atoms with Crippen molar-refractivity contribution in [3.63, 3.8) is 0 Å². The molecule has 3 aliphatic rings. The molecule has 4 unspecified atom stereocenters. The van der Waals surface area contributed by atoms with E-state index in [0.29, 0.717) is 6.42 Å². The van der Waals surface area contributed by atoms with E-state index in [4.69, 9.17) is 0 Å². The fourth-order valence-corrected chi connectivity index (χ4v) is 5.33. The highest BCUT2D eigenvalue weighted by Gasteiger charge is 2.72. The minimum Gasteiger partial charge on any atom is -0.377 e. The Morgan fingerprint density at radius 3 is 1.11 bits per heavy atom. The molecule has 4 nitrogen and oxygen atoms in total. The zero-order valence-corrected chi connectivity index (χ0v) is 17.4. The predicted octanol–water partition coefficient (Wildman–Crippen LogP) is 4.42. The van der Waals surface area contributed by atoms with Crippen LogP contribution in [0.2, 0.25) is 0 Å². The third-order valence-corrected chi connectivity index (χ3v) is 7.24. The number of hydrogen-bond donors (Lipinski definition) is 2. The van der Waals surface area contributed by atoms with Crippen LogP contribution in [0.1, 0.15) is 6.42 Å². The highest BCUT2D eigenvalue weighted by molar-refractivity contribution is 5.21. The molecule has 0 aromatic carbocycles. The summed E-state index contributed by atoms with van der Waals surface area (Å²) in [5, 5.41) is 18.4. The van der Waals surface area contributed by atoms with Crippen LogP contribution in [-0.4, -0.2) is 72.5 Å². The lowest BCUT2D eigenvalue weighted by atomic mass is 9.53. The first-order chi connectivity index (χ1) is 15.7. The Kier molecular flexibility index (Phi) is 7.00. The summed E-state index contributed by atoms with van der Waals surface area (Å²) in [6.07, 6.45) is -20.4. The zero-order chi connectivity index (χ0) is 26.8. The lowest BCUT2D eigenvalue weighted by Crippen LogP contribution is -2.61. The summed E-state index contributed by atoms with van der Waals surface area (Å²) >= 11 is 0. The van der Waals surface area contributed by atoms with E-state index in [1.165, 1.54) is 0 Å². The highest BCUT2D eigenvalue weighted by atomic mass is 19.4. The van der Waals surface area contributed by atoms with Gasteiger partial charge in [0, 0.05) is 0 Å². The number of alkyl halides is 12. The van der Waals surface area contributed by atoms with Crippen LogP contribution in [0.25, 0.3) is 0 Å². The molecule has 0 heterocycles. The number of halogens is 12. The van der Waals surface area contributed by atoms with Crippen LogP contribution in [0.4, 0.5) is 52.7 Å². The summed E-state index contributed by atoms with van der Waals surface area (Å²) in [4.78, 5) is 0. The van der Waals surface area contributed by atoms with Crippen molar-refractivity contribution < 1.29 is 72.4 Å². The maximum atomic E-state index is 12.8. The number of ether oxygens (including phenoxy) is 2. The smallest absolute Gasteiger partial charge is 0.377 e. The molecule has 0 aromatic rings. The minimum atomic E-state index is -6.12. The predicted molar refractivity (Wildman–Crippen MR) is 90.5 cm³/mol. The number of allylic oxidation sites excluding steroid dienone is 2. The van der Waals surface area contributed by atoms with Crippen LogP contribution in [-0.2, 0) is 9.47 Å². The maximum Gasteiger partial charge on any atom is 0.428 e. The van der Waals surface area contributed by atoms with Crippen LogP contribution < -0.4 is 0 Å². The van der Waals surface area contributed by atoms with Crippen molar-refractivity contribution >= 4 is 0 Å². The molecule has 0 radical (unpaired) electrons. The fourth-order valence-electron chi connectivity index (χ4n) is 5.33. The molecule has 6 atom stereocenters. The summed E-state index contributed by atoms with van der Waals surface area (Å²) in [6, 6.07) is 0. The average molecular weight is 540 g/mol. The van der Waals surface area contributed by atoms with Gasteiger partial charge in [0.1, 0.15) is 0 Å². The van der Waals surface area contributed by atoms with Gasteiger partial charge in [-0.3, -0.25) is 0 Å². The molecule has 2 fully saturated rings. The fraction of sp³-hybridized carbons (Fsp3) is 0.895. The van der Waals surface area contributed by atoms with Gasteiger partial charge in [0.25, 0.3) is 11.2 Å². The van der Waals surface area contributed by atoms with E-state index in [0.717, 1.165) is 0 Å². The summed E-state index contributed by atoms with van der Waals surface area (Å²) in [6.45, 7) is -5.95. The van der Waals surface area contributed by atoms with Gasteiger partial charge in [-0.15, -0.1) is 0 Å². The van der Waals surface area contributed by atoms with Crippen molar-refractivity contribution in [2.24, 2.45) is 35.5 Å². The first kappa shape index (κ1) is 28.3. The second-order valence-corrected chi connectivity index (χ2v) is 9.17. The Morgan fingerprint density at radius 2 is 0.857 bits per heavy atom. The molecular weight excluding hydrogens is 520 g/mol. The van der Waals surface area contributed by atoms with Gasteiger partial charge in [-0.1, -0.05) is 12.2 Å². The van der Waals surface area contributed by atoms with Crippen LogP contribution in [0.3, 0.4) is 0 Å². The Labute approximate surface area is 189 Å². The van der Waals surface area contributed by atoms with Gasteiger partial charge in [-0.2, -0.15) is 52.7 Å². The van der Waals surface area contributed by atoms with Gasteiger partial charge >= 0.3 is 24.7 Å². The first-order valence-electron chi connectivity index (χ1n) is 10.2. The van der Waals surface area contributed by atoms with Gasteiger partial charge in [0.2, 0.25) is 0 Å². The Morgan fingerprint density at radius 1 is 0.571 bits per heavy atom. The SMILES string of the molecule is OC(COC[C@@H]1C2C3C=CC(C3)C2[C@H]1COCC(O)(C(F)(F)F)C(F)(F)F)(C(F)(F)F)C(F)(F)F. The monoisotopic (exact) mass is 540 g/mol. The normalized spacial score (nSPS) is 31.6. The summed E-state index contributed by atoms with van der Waals surface area (Å²) in [5.74, 6) is -2.66. The number of aliphatic hydroxyl groups is 2. The second-order valence-electron chi connectivity index (χ2n) is 9.17. The standard InChI is InChI=1S/C19H20F12O4/c20-16(21,22)14(32,17(23,24)25)6-34-4-10-11(13-9-2-1-8(3-9)12(10)13)5-35-7-15(33,18(26,27)28)19(29,30)31/h1-2,8-13,32-33H,3-7H2/t8?,9?,10-,11-,12?,13?/m0/s1. The van der Waals surface area contributed by atoms with Gasteiger partial charge in [0.05, 0.1) is 26.4 Å². The van der Waals surface area contributed by atoms with E-state index >= 15 is 0 Å². The number of fused-ring (bicyclic) bond motifs is 5. The van der Waals surface area contributed by atoms with Crippen molar-refractivity contribution in [3.8, 4) is 0 Å². The van der Waals surface area contributed by atoms with Crippen molar-refractivity contribution in [1.82, 2.24) is 0 Å². The Bertz CT molecular complexity index is 708. The van der Waals surface area contributed by atoms with Crippen LogP contribution in [0, 0.1) is 35.5 Å². The maximum absolute atomic E-state index is 12.8. The second kappa shape index (κ2) is 8.65. The topological polar surface area (TPSA) is 58.9 Å². The number of rotatable bonds is 8. The van der Waals surface area contributed by atoms with E-state index < -0.39 is 74.2 Å². The van der Waals surface area contributed by atoms with Crippen molar-refractivity contribution in [1.29, 1.82) is 0 Å². The Balaban J connectivity index is 1.68. The molecule has 0 aromatic heterocycles. The van der Waals surface area contributed by atoms with Gasteiger partial charge in [-0.25, -0.2) is 0 Å². The number of hydrogen-bond acceptors (Lipinski definition) is 4. The summed E-state index contributed by atoms with van der Waals surface area (Å²) < 4.78 is 163. The molecule has 3 aliphatic carbocycles. The summed E-state index contributed by atoms with van der Waals surface area (Å²) in [5.41, 5.74) is -10.3. The van der Waals surface area contributed by atoms with E-state index in [-0.39, 0.29) is 23.7 Å². The third-order valence-electron chi connectivity index (χ3n) is 7.24. The molecule has 2 saturated carbocycles. The third kappa shape index (κ3) is 4.63. The van der Waals surface area contributed by atoms with E-state index in [1.54, 1.807) is 12.2 Å². The van der Waals surface area contributed by atoms with Crippen LogP contribution in [0.15, 0.2) is 12.2 Å². The molecule has 0 amide bonds. The molecule has 0 spiro atoms. The molecule has 0 saturated heterocycles. The quantitative estimate of drug-likeness (QED) is 0.354. The van der Waals surface area contributed by atoms with E-state index in [9.17, 15) is 62.9 Å². The molecule has 3 rings (SSSR count). The van der Waals surface area contributed by atoms with Gasteiger partial charge < -0.3 is 19.7 Å². The average Bonchev–Trinajstić information content (AvgIpc) is 3.23. The van der Waals surface area contributed by atoms with Crippen molar-refractivity contribution in [3.05, 3.63) is 12.2 Å². The lowest BCUT2D eigenvalue weighted by molar-refractivity contribution is -0.381. The lowest BCUT2D eigenvalue weighted by Gasteiger charge is -2.53. The molecule has 204 valence electrons. The minimum absolute atomic E-state index is 0.138. The van der Waals surface area contributed by atoms with Crippen molar-refractivity contribution in [2.45, 2.75) is 42.3 Å². The van der Waals surface area contributed by atoms with E-state index in [2.05, 4.69) is 9.47 Å². The molecule has 0 aliphatic heterocycles. The molecule has 2 N–H and O–H groups in total. The molecule has 35 heavy (non-hydrogen) atoms. The highest BCUT2D eigenvalue weighted by Crippen LogP contribution is 2.64.